The number of benzene rings is 1. The van der Waals surface area contributed by atoms with Gasteiger partial charge < -0.3 is 11.1 Å². The van der Waals surface area contributed by atoms with E-state index in [1.165, 1.54) is 0 Å². The Hall–Kier alpha value is -1.60. The van der Waals surface area contributed by atoms with Gasteiger partial charge in [0.05, 0.1) is 17.9 Å². The average Bonchev–Trinajstić information content (AvgIpc) is 2.34. The summed E-state index contributed by atoms with van der Waals surface area (Å²) in [6.45, 7) is 2.29. The highest BCUT2D eigenvalue weighted by molar-refractivity contribution is 7.92. The largest absolute Gasteiger partial charge is 0.330 e. The molecule has 7 heteroatoms. The number of nitrogens with two attached hydrogens (primary N) is 1. The molecule has 0 aliphatic rings. The summed E-state index contributed by atoms with van der Waals surface area (Å²) in [5, 5.41) is 2.75. The highest BCUT2D eigenvalue weighted by Crippen LogP contribution is 2.17. The van der Waals surface area contributed by atoms with Crippen LogP contribution in [0.1, 0.15) is 19.8 Å². The van der Waals surface area contributed by atoms with Gasteiger partial charge in [-0.05, 0) is 24.6 Å². The van der Waals surface area contributed by atoms with Crippen LogP contribution < -0.4 is 15.8 Å². The molecule has 1 unspecified atom stereocenters. The molecule has 0 aromatic heterocycles. The molecule has 1 amide bonds. The zero-order chi connectivity index (χ0) is 15.2. The van der Waals surface area contributed by atoms with Crippen LogP contribution in [-0.2, 0) is 14.8 Å². The van der Waals surface area contributed by atoms with E-state index in [-0.39, 0.29) is 11.8 Å². The summed E-state index contributed by atoms with van der Waals surface area (Å²) in [6.07, 6.45) is 2.68. The van der Waals surface area contributed by atoms with Gasteiger partial charge in [0.15, 0.2) is 0 Å². The number of carbonyl (C=O) groups is 1. The van der Waals surface area contributed by atoms with Gasteiger partial charge in [0.1, 0.15) is 0 Å². The summed E-state index contributed by atoms with van der Waals surface area (Å²) in [5.41, 5.74) is 6.52. The van der Waals surface area contributed by atoms with Gasteiger partial charge in [0.25, 0.3) is 0 Å². The fourth-order valence-corrected chi connectivity index (χ4v) is 2.38. The van der Waals surface area contributed by atoms with Crippen molar-refractivity contribution in [2.75, 3.05) is 22.8 Å². The van der Waals surface area contributed by atoms with Crippen molar-refractivity contribution in [1.29, 1.82) is 0 Å². The molecule has 0 saturated carbocycles. The predicted molar refractivity (Wildman–Crippen MR) is 81.0 cm³/mol. The van der Waals surface area contributed by atoms with Crippen LogP contribution in [0.15, 0.2) is 24.3 Å². The van der Waals surface area contributed by atoms with Crippen molar-refractivity contribution in [3.05, 3.63) is 24.3 Å². The molecule has 1 rings (SSSR count). The number of hydrogen-bond donors (Lipinski definition) is 3. The van der Waals surface area contributed by atoms with Crippen LogP contribution in [0.2, 0.25) is 0 Å². The van der Waals surface area contributed by atoms with Crippen LogP contribution in [0.4, 0.5) is 11.4 Å². The fraction of sp³-hybridized carbons (Fsp3) is 0.462. The molecule has 6 nitrogen and oxygen atoms in total. The third kappa shape index (κ3) is 5.58. The number of carbonyl (C=O) groups excluding carboxylic acids is 1. The summed E-state index contributed by atoms with van der Waals surface area (Å²) in [5.74, 6) is -0.377. The summed E-state index contributed by atoms with van der Waals surface area (Å²) in [6, 6.07) is 6.55. The number of nitrogens with one attached hydrogen (secondary N) is 2. The molecule has 20 heavy (non-hydrogen) atoms. The molecule has 0 spiro atoms. The van der Waals surface area contributed by atoms with Crippen LogP contribution in [0.5, 0.6) is 0 Å². The molecular weight excluding hydrogens is 278 g/mol. The van der Waals surface area contributed by atoms with Gasteiger partial charge in [-0.3, -0.25) is 9.52 Å². The first-order chi connectivity index (χ1) is 9.35. The van der Waals surface area contributed by atoms with Crippen molar-refractivity contribution in [3.63, 3.8) is 0 Å². The fourth-order valence-electron chi connectivity index (χ4n) is 1.82. The lowest BCUT2D eigenvalue weighted by atomic mass is 10.0. The van der Waals surface area contributed by atoms with Gasteiger partial charge in [0.2, 0.25) is 15.9 Å². The highest BCUT2D eigenvalue weighted by atomic mass is 32.2. The standard InChI is InChI=1S/C13H21N3O3S/c1-3-5-10(9-14)13(17)15-11-6-4-7-12(8-11)16-20(2,18)19/h4,6-8,10,16H,3,5,9,14H2,1-2H3,(H,15,17). The van der Waals surface area contributed by atoms with Crippen molar-refractivity contribution in [3.8, 4) is 0 Å². The Labute approximate surface area is 119 Å². The minimum absolute atomic E-state index is 0.147. The summed E-state index contributed by atoms with van der Waals surface area (Å²) in [7, 11) is -3.33. The number of hydrogen-bond acceptors (Lipinski definition) is 4. The second-order valence-electron chi connectivity index (χ2n) is 4.67. The van der Waals surface area contributed by atoms with E-state index in [2.05, 4.69) is 10.0 Å². The van der Waals surface area contributed by atoms with Crippen molar-refractivity contribution in [2.24, 2.45) is 11.7 Å². The molecule has 0 radical (unpaired) electrons. The lowest BCUT2D eigenvalue weighted by Crippen LogP contribution is -2.29. The molecule has 0 heterocycles. The average molecular weight is 299 g/mol. The third-order valence-corrected chi connectivity index (χ3v) is 3.33. The molecule has 0 saturated heterocycles. The predicted octanol–water partition coefficient (Wildman–Crippen LogP) is 1.37. The van der Waals surface area contributed by atoms with E-state index in [0.29, 0.717) is 17.9 Å². The molecule has 4 N–H and O–H groups in total. The molecule has 0 bridgehead atoms. The Kier molecular flexibility index (Phi) is 5.97. The Balaban J connectivity index is 2.77. The summed E-state index contributed by atoms with van der Waals surface area (Å²) >= 11 is 0. The second kappa shape index (κ2) is 7.25. The van der Waals surface area contributed by atoms with Gasteiger partial charge in [-0.25, -0.2) is 8.42 Å². The summed E-state index contributed by atoms with van der Waals surface area (Å²) in [4.78, 5) is 12.0. The minimum atomic E-state index is -3.33. The first-order valence-electron chi connectivity index (χ1n) is 6.44. The van der Waals surface area contributed by atoms with Crippen LogP contribution in [0.3, 0.4) is 0 Å². The van der Waals surface area contributed by atoms with E-state index in [0.717, 1.165) is 19.1 Å². The van der Waals surface area contributed by atoms with Crippen LogP contribution >= 0.6 is 0 Å². The topological polar surface area (TPSA) is 101 Å². The van der Waals surface area contributed by atoms with Crippen molar-refractivity contribution >= 4 is 27.3 Å². The minimum Gasteiger partial charge on any atom is -0.330 e. The monoisotopic (exact) mass is 299 g/mol. The lowest BCUT2D eigenvalue weighted by Gasteiger charge is -2.14. The lowest BCUT2D eigenvalue weighted by molar-refractivity contribution is -0.119. The highest BCUT2D eigenvalue weighted by Gasteiger charge is 2.15. The zero-order valence-electron chi connectivity index (χ0n) is 11.7. The van der Waals surface area contributed by atoms with E-state index < -0.39 is 10.0 Å². The third-order valence-electron chi connectivity index (χ3n) is 2.73. The number of rotatable bonds is 7. The normalized spacial score (nSPS) is 12.8. The van der Waals surface area contributed by atoms with Crippen LogP contribution in [0.25, 0.3) is 0 Å². The van der Waals surface area contributed by atoms with Crippen molar-refractivity contribution in [2.45, 2.75) is 19.8 Å². The first kappa shape index (κ1) is 16.5. The summed E-state index contributed by atoms with van der Waals surface area (Å²) < 4.78 is 24.7. The molecule has 1 atom stereocenters. The van der Waals surface area contributed by atoms with E-state index in [1.54, 1.807) is 24.3 Å². The van der Waals surface area contributed by atoms with E-state index in [1.807, 2.05) is 6.92 Å². The zero-order valence-corrected chi connectivity index (χ0v) is 12.5. The van der Waals surface area contributed by atoms with Gasteiger partial charge in [-0.1, -0.05) is 19.4 Å². The van der Waals surface area contributed by atoms with Gasteiger partial charge in [0, 0.05) is 12.2 Å². The molecule has 1 aromatic carbocycles. The van der Waals surface area contributed by atoms with E-state index in [9.17, 15) is 13.2 Å². The second-order valence-corrected chi connectivity index (χ2v) is 6.41. The van der Waals surface area contributed by atoms with Gasteiger partial charge in [-0.2, -0.15) is 0 Å². The molecule has 1 aromatic rings. The van der Waals surface area contributed by atoms with Crippen LogP contribution in [-0.4, -0.2) is 27.1 Å². The van der Waals surface area contributed by atoms with Crippen LogP contribution in [0, 0.1) is 5.92 Å². The molecule has 0 aliphatic heterocycles. The number of sulfonamides is 1. The van der Waals surface area contributed by atoms with Gasteiger partial charge >= 0.3 is 0 Å². The van der Waals surface area contributed by atoms with Crippen molar-refractivity contribution in [1.82, 2.24) is 0 Å². The van der Waals surface area contributed by atoms with E-state index in [4.69, 9.17) is 5.73 Å². The SMILES string of the molecule is CCCC(CN)C(=O)Nc1cccc(NS(C)(=O)=O)c1. The maximum Gasteiger partial charge on any atom is 0.229 e. The Bertz CT molecular complexity index is 558. The molecule has 112 valence electrons. The Morgan fingerprint density at radius 1 is 1.35 bits per heavy atom. The Morgan fingerprint density at radius 2 is 2.00 bits per heavy atom. The maximum atomic E-state index is 12.0. The maximum absolute atomic E-state index is 12.0. The first-order valence-corrected chi connectivity index (χ1v) is 8.33. The number of amides is 1. The van der Waals surface area contributed by atoms with Gasteiger partial charge in [-0.15, -0.1) is 0 Å². The molecule has 0 fully saturated rings. The smallest absolute Gasteiger partial charge is 0.229 e. The number of anilines is 2. The van der Waals surface area contributed by atoms with E-state index >= 15 is 0 Å². The Morgan fingerprint density at radius 3 is 2.55 bits per heavy atom. The quantitative estimate of drug-likeness (QED) is 0.707. The molecular formula is C13H21N3O3S. The van der Waals surface area contributed by atoms with Crippen molar-refractivity contribution < 1.29 is 13.2 Å². The molecule has 0 aliphatic carbocycles.